The molecule has 2 aliphatic heterocycles. The number of allylic oxidation sites excluding steroid dienone is 1. The molecule has 2 heterocycles. The Kier molecular flexibility index (Phi) is 3.56. The highest BCUT2D eigenvalue weighted by molar-refractivity contribution is 5.70. The maximum atomic E-state index is 2.52. The van der Waals surface area contributed by atoms with Crippen LogP contribution in [0.25, 0.3) is 0 Å². The first-order valence-electron chi connectivity index (χ1n) is 9.66. The zero-order valence-electron chi connectivity index (χ0n) is 15.5. The Hall–Kier alpha value is -1.70. The van der Waals surface area contributed by atoms with Gasteiger partial charge in [-0.25, -0.2) is 0 Å². The molecule has 0 fully saturated rings. The van der Waals surface area contributed by atoms with E-state index in [-0.39, 0.29) is 10.8 Å². The molecule has 0 saturated heterocycles. The average molecular weight is 322 g/mol. The van der Waals surface area contributed by atoms with Gasteiger partial charge >= 0.3 is 0 Å². The second kappa shape index (κ2) is 5.40. The standard InChI is InChI=1S/C22H30N2/c1-5-8-9-17-10-11-19-18(16-17)21(6-2)12-13-22(21,7-3)20-23(4)14-15-24(19)20/h10-16,20H,5-9H2,1-4H3. The van der Waals surface area contributed by atoms with Gasteiger partial charge in [-0.2, -0.15) is 0 Å². The van der Waals surface area contributed by atoms with E-state index in [4.69, 9.17) is 0 Å². The van der Waals surface area contributed by atoms with E-state index in [2.05, 4.69) is 80.4 Å². The lowest BCUT2D eigenvalue weighted by Crippen LogP contribution is -2.65. The van der Waals surface area contributed by atoms with Gasteiger partial charge in [0.15, 0.2) is 0 Å². The number of aryl methyl sites for hydroxylation is 1. The minimum absolute atomic E-state index is 0.195. The van der Waals surface area contributed by atoms with Crippen molar-refractivity contribution in [2.75, 3.05) is 11.9 Å². The minimum atomic E-state index is 0.195. The SMILES string of the molecule is CCCCc1ccc2c(c1)C1(CC)C=CC1(CC)C1N(C)C=CN21. The Bertz CT molecular complexity index is 704. The van der Waals surface area contributed by atoms with E-state index in [1.165, 1.54) is 43.4 Å². The van der Waals surface area contributed by atoms with E-state index in [0.29, 0.717) is 6.17 Å². The number of nitrogens with zero attached hydrogens (tertiary/aromatic N) is 2. The second-order valence-electron chi connectivity index (χ2n) is 7.75. The number of unbranched alkanes of at least 4 members (excludes halogenated alkanes) is 1. The van der Waals surface area contributed by atoms with Crippen molar-refractivity contribution in [3.8, 4) is 0 Å². The number of benzene rings is 1. The van der Waals surface area contributed by atoms with Crippen molar-refractivity contribution < 1.29 is 0 Å². The first kappa shape index (κ1) is 15.8. The van der Waals surface area contributed by atoms with Crippen LogP contribution < -0.4 is 4.90 Å². The van der Waals surface area contributed by atoms with Crippen molar-refractivity contribution >= 4 is 5.69 Å². The molecular weight excluding hydrogens is 292 g/mol. The number of hydrogen-bond acceptors (Lipinski definition) is 2. The van der Waals surface area contributed by atoms with Crippen molar-refractivity contribution in [3.63, 3.8) is 0 Å². The Morgan fingerprint density at radius 2 is 1.88 bits per heavy atom. The molecule has 0 saturated carbocycles. The van der Waals surface area contributed by atoms with Crippen LogP contribution in [0.4, 0.5) is 5.69 Å². The third-order valence-corrected chi connectivity index (χ3v) is 6.85. The smallest absolute Gasteiger partial charge is 0.115 e. The molecule has 2 heteroatoms. The molecule has 3 aliphatic rings. The van der Waals surface area contributed by atoms with Gasteiger partial charge in [-0.3, -0.25) is 0 Å². The van der Waals surface area contributed by atoms with Crippen molar-refractivity contribution in [1.29, 1.82) is 0 Å². The zero-order valence-corrected chi connectivity index (χ0v) is 15.5. The number of hydrogen-bond donors (Lipinski definition) is 0. The van der Waals surface area contributed by atoms with Gasteiger partial charge in [0, 0.05) is 36.0 Å². The van der Waals surface area contributed by atoms with Gasteiger partial charge in [0.25, 0.3) is 0 Å². The quantitative estimate of drug-likeness (QED) is 0.687. The monoisotopic (exact) mass is 322 g/mol. The first-order chi connectivity index (χ1) is 11.6. The van der Waals surface area contributed by atoms with Crippen molar-refractivity contribution in [2.24, 2.45) is 5.41 Å². The summed E-state index contributed by atoms with van der Waals surface area (Å²) in [5.41, 5.74) is 4.89. The Balaban J connectivity index is 1.89. The Morgan fingerprint density at radius 1 is 1.04 bits per heavy atom. The van der Waals surface area contributed by atoms with Crippen LogP contribution in [-0.2, 0) is 11.8 Å². The molecule has 3 atom stereocenters. The van der Waals surface area contributed by atoms with Crippen molar-refractivity contribution in [3.05, 3.63) is 53.9 Å². The van der Waals surface area contributed by atoms with Crippen LogP contribution in [0.3, 0.4) is 0 Å². The normalized spacial score (nSPS) is 32.4. The van der Waals surface area contributed by atoms with E-state index in [1.807, 2.05) is 0 Å². The van der Waals surface area contributed by atoms with Crippen LogP contribution in [0.5, 0.6) is 0 Å². The summed E-state index contributed by atoms with van der Waals surface area (Å²) in [6.45, 7) is 7.01. The molecule has 0 aromatic heterocycles. The van der Waals surface area contributed by atoms with Crippen LogP contribution in [0, 0.1) is 5.41 Å². The van der Waals surface area contributed by atoms with Crippen LogP contribution in [0.1, 0.15) is 57.6 Å². The molecular formula is C22H30N2. The second-order valence-corrected chi connectivity index (χ2v) is 7.75. The highest BCUT2D eigenvalue weighted by Gasteiger charge is 2.63. The van der Waals surface area contributed by atoms with Gasteiger partial charge in [-0.1, -0.05) is 51.5 Å². The van der Waals surface area contributed by atoms with E-state index in [9.17, 15) is 0 Å². The molecule has 0 bridgehead atoms. The maximum absolute atomic E-state index is 2.52. The number of anilines is 1. The van der Waals surface area contributed by atoms with E-state index >= 15 is 0 Å². The fraction of sp³-hybridized carbons (Fsp3) is 0.545. The van der Waals surface area contributed by atoms with Crippen LogP contribution in [0.2, 0.25) is 0 Å². The van der Waals surface area contributed by atoms with Gasteiger partial charge in [0.2, 0.25) is 0 Å². The molecule has 0 spiro atoms. The van der Waals surface area contributed by atoms with E-state index in [0.717, 1.165) is 0 Å². The van der Waals surface area contributed by atoms with Crippen LogP contribution in [0.15, 0.2) is 42.8 Å². The molecule has 0 amide bonds. The number of fused-ring (bicyclic) bond motifs is 6. The van der Waals surface area contributed by atoms with Crippen LogP contribution in [-0.4, -0.2) is 18.1 Å². The summed E-state index contributed by atoms with van der Waals surface area (Å²) in [5.74, 6) is 0. The van der Waals surface area contributed by atoms with Crippen LogP contribution >= 0.6 is 0 Å². The molecule has 0 N–H and O–H groups in total. The molecule has 4 rings (SSSR count). The molecule has 2 nitrogen and oxygen atoms in total. The third kappa shape index (κ3) is 1.72. The molecule has 1 aromatic carbocycles. The zero-order chi connectivity index (χ0) is 16.9. The summed E-state index contributed by atoms with van der Waals surface area (Å²) < 4.78 is 0. The first-order valence-corrected chi connectivity index (χ1v) is 9.66. The van der Waals surface area contributed by atoms with Gasteiger partial charge in [0.1, 0.15) is 6.17 Å². The predicted molar refractivity (Wildman–Crippen MR) is 102 cm³/mol. The topological polar surface area (TPSA) is 6.48 Å². The molecule has 1 aromatic rings. The average Bonchev–Trinajstić information content (AvgIpc) is 2.96. The van der Waals surface area contributed by atoms with Crippen molar-refractivity contribution in [2.45, 2.75) is 64.5 Å². The summed E-state index contributed by atoms with van der Waals surface area (Å²) in [5, 5.41) is 0. The Labute approximate surface area is 146 Å². The molecule has 128 valence electrons. The molecule has 0 radical (unpaired) electrons. The fourth-order valence-electron chi connectivity index (χ4n) is 5.47. The largest absolute Gasteiger partial charge is 0.358 e. The summed E-state index contributed by atoms with van der Waals surface area (Å²) >= 11 is 0. The summed E-state index contributed by atoms with van der Waals surface area (Å²) in [4.78, 5) is 4.92. The van der Waals surface area contributed by atoms with Gasteiger partial charge in [-0.15, -0.1) is 0 Å². The minimum Gasteiger partial charge on any atom is -0.358 e. The van der Waals surface area contributed by atoms with Gasteiger partial charge < -0.3 is 9.80 Å². The third-order valence-electron chi connectivity index (χ3n) is 6.85. The van der Waals surface area contributed by atoms with E-state index in [1.54, 1.807) is 5.56 Å². The van der Waals surface area contributed by atoms with Gasteiger partial charge in [-0.05, 0) is 42.9 Å². The lowest BCUT2D eigenvalue weighted by atomic mass is 9.47. The predicted octanol–water partition coefficient (Wildman–Crippen LogP) is 5.21. The maximum Gasteiger partial charge on any atom is 0.115 e. The highest BCUT2D eigenvalue weighted by atomic mass is 15.4. The summed E-state index contributed by atoms with van der Waals surface area (Å²) in [7, 11) is 2.23. The molecule has 3 unspecified atom stereocenters. The Morgan fingerprint density at radius 3 is 2.50 bits per heavy atom. The summed E-state index contributed by atoms with van der Waals surface area (Å²) in [6, 6.07) is 7.24. The lowest BCUT2D eigenvalue weighted by Gasteiger charge is -2.63. The summed E-state index contributed by atoms with van der Waals surface area (Å²) in [6.07, 6.45) is 16.0. The van der Waals surface area contributed by atoms with E-state index < -0.39 is 0 Å². The highest BCUT2D eigenvalue weighted by Crippen LogP contribution is 2.65. The molecule has 1 aliphatic carbocycles. The number of rotatable bonds is 5. The van der Waals surface area contributed by atoms with Gasteiger partial charge in [0.05, 0.1) is 0 Å². The molecule has 24 heavy (non-hydrogen) atoms. The van der Waals surface area contributed by atoms with Crippen molar-refractivity contribution in [1.82, 2.24) is 4.90 Å². The lowest BCUT2D eigenvalue weighted by molar-refractivity contribution is 0.0605. The fourth-order valence-corrected chi connectivity index (χ4v) is 5.47.